The predicted octanol–water partition coefficient (Wildman–Crippen LogP) is 3.52. The number of para-hydroxylation sites is 1. The van der Waals surface area contributed by atoms with Gasteiger partial charge in [-0.3, -0.25) is 0 Å². The van der Waals surface area contributed by atoms with Gasteiger partial charge in [0.1, 0.15) is 5.75 Å². The van der Waals surface area contributed by atoms with Crippen molar-refractivity contribution < 1.29 is 24.1 Å². The Hall–Kier alpha value is -2.67. The molecule has 2 aromatic carbocycles. The van der Waals surface area contributed by atoms with Gasteiger partial charge in [0, 0.05) is 22.8 Å². The molecule has 7 heteroatoms. The van der Waals surface area contributed by atoms with E-state index in [0.717, 1.165) is 17.4 Å². The van der Waals surface area contributed by atoms with E-state index in [9.17, 15) is 9.59 Å². The van der Waals surface area contributed by atoms with E-state index in [1.807, 2.05) is 42.5 Å². The number of methoxy groups -OCH3 is 1. The zero-order chi connectivity index (χ0) is 18.2. The summed E-state index contributed by atoms with van der Waals surface area (Å²) < 4.78 is 5.16. The van der Waals surface area contributed by atoms with E-state index in [1.54, 1.807) is 13.2 Å². The van der Waals surface area contributed by atoms with Crippen LogP contribution in [0.3, 0.4) is 0 Å². The van der Waals surface area contributed by atoms with Crippen LogP contribution in [0.15, 0.2) is 53.4 Å². The fraction of sp³-hybridized carbons (Fsp3) is 0.222. The Morgan fingerprint density at radius 2 is 1.76 bits per heavy atom. The second-order valence-electron chi connectivity index (χ2n) is 5.15. The first-order valence-corrected chi connectivity index (χ1v) is 8.40. The third-order valence-electron chi connectivity index (χ3n) is 3.28. The highest BCUT2D eigenvalue weighted by Gasteiger charge is 2.21. The molecule has 0 bridgehead atoms. The fourth-order valence-electron chi connectivity index (χ4n) is 2.08. The highest BCUT2D eigenvalue weighted by atomic mass is 32.2. The number of anilines is 1. The minimum Gasteiger partial charge on any atom is -0.497 e. The molecule has 0 aliphatic rings. The fourth-order valence-corrected chi connectivity index (χ4v) is 3.26. The first kappa shape index (κ1) is 18.7. The number of rotatable bonds is 6. The molecule has 1 unspecified atom stereocenters. The number of thioether (sulfide) groups is 1. The predicted molar refractivity (Wildman–Crippen MR) is 94.9 cm³/mol. The average Bonchev–Trinajstić information content (AvgIpc) is 2.61. The van der Waals surface area contributed by atoms with E-state index < -0.39 is 11.9 Å². The quantitative estimate of drug-likeness (QED) is 0.364. The molecule has 0 saturated heterocycles. The van der Waals surface area contributed by atoms with Crippen LogP contribution in [0.4, 0.5) is 5.69 Å². The minimum absolute atomic E-state index is 0.0125. The molecule has 0 fully saturated rings. The zero-order valence-corrected chi connectivity index (χ0v) is 14.7. The van der Waals surface area contributed by atoms with Gasteiger partial charge in [0.05, 0.1) is 13.5 Å². The number of benzene rings is 2. The minimum atomic E-state index is -0.686. The van der Waals surface area contributed by atoms with Gasteiger partial charge in [-0.1, -0.05) is 24.3 Å². The van der Waals surface area contributed by atoms with Gasteiger partial charge in [-0.2, -0.15) is 0 Å². The van der Waals surface area contributed by atoms with Gasteiger partial charge in [0.2, 0.25) is 0 Å². The summed E-state index contributed by atoms with van der Waals surface area (Å²) in [5.41, 5.74) is 7.52. The van der Waals surface area contributed by atoms with Gasteiger partial charge in [0.25, 0.3) is 0 Å². The Bertz CT molecular complexity index is 733. The molecule has 2 aromatic rings. The van der Waals surface area contributed by atoms with Crippen molar-refractivity contribution in [1.29, 1.82) is 0 Å². The van der Waals surface area contributed by atoms with Crippen LogP contribution in [0, 0.1) is 0 Å². The SMILES string of the molecule is COc1ccc(C(CC(=O)OOC(C)=O)Sc2ccccc2N)cc1. The van der Waals surface area contributed by atoms with Crippen molar-refractivity contribution in [3.63, 3.8) is 0 Å². The van der Waals surface area contributed by atoms with Crippen molar-refractivity contribution in [3.8, 4) is 5.75 Å². The van der Waals surface area contributed by atoms with Crippen molar-refractivity contribution in [2.24, 2.45) is 0 Å². The van der Waals surface area contributed by atoms with Crippen LogP contribution >= 0.6 is 11.8 Å². The van der Waals surface area contributed by atoms with Crippen molar-refractivity contribution in [3.05, 3.63) is 54.1 Å². The summed E-state index contributed by atoms with van der Waals surface area (Å²) in [6.07, 6.45) is 0.0125. The third-order valence-corrected chi connectivity index (χ3v) is 4.63. The summed E-state index contributed by atoms with van der Waals surface area (Å²) in [6.45, 7) is 1.16. The zero-order valence-electron chi connectivity index (χ0n) is 13.9. The van der Waals surface area contributed by atoms with Crippen LogP contribution in [-0.2, 0) is 19.4 Å². The van der Waals surface area contributed by atoms with E-state index in [0.29, 0.717) is 11.4 Å². The summed E-state index contributed by atoms with van der Waals surface area (Å²) in [5.74, 6) is -0.610. The van der Waals surface area contributed by atoms with Gasteiger partial charge in [-0.15, -0.1) is 11.8 Å². The lowest BCUT2D eigenvalue weighted by molar-refractivity contribution is -0.257. The third kappa shape index (κ3) is 5.72. The normalized spacial score (nSPS) is 11.4. The van der Waals surface area contributed by atoms with Gasteiger partial charge in [0.15, 0.2) is 0 Å². The lowest BCUT2D eigenvalue weighted by atomic mass is 10.1. The number of ether oxygens (including phenoxy) is 1. The summed E-state index contributed by atoms with van der Waals surface area (Å²) in [7, 11) is 1.59. The molecule has 2 N–H and O–H groups in total. The summed E-state index contributed by atoms with van der Waals surface area (Å²) in [5, 5.41) is -0.265. The molecule has 132 valence electrons. The van der Waals surface area contributed by atoms with Gasteiger partial charge in [-0.25, -0.2) is 19.4 Å². The second kappa shape index (κ2) is 8.98. The lowest BCUT2D eigenvalue weighted by Gasteiger charge is -2.17. The number of hydrogen-bond donors (Lipinski definition) is 1. The van der Waals surface area contributed by atoms with Gasteiger partial charge < -0.3 is 10.5 Å². The molecule has 2 rings (SSSR count). The highest BCUT2D eigenvalue weighted by Crippen LogP contribution is 2.40. The maximum absolute atomic E-state index is 12.0. The van der Waals surface area contributed by atoms with Crippen molar-refractivity contribution in [2.75, 3.05) is 12.8 Å². The van der Waals surface area contributed by atoms with E-state index in [-0.39, 0.29) is 11.7 Å². The molecule has 0 heterocycles. The lowest BCUT2D eigenvalue weighted by Crippen LogP contribution is -2.11. The summed E-state index contributed by atoms with van der Waals surface area (Å²) in [4.78, 5) is 32.4. The van der Waals surface area contributed by atoms with Crippen LogP contribution in [0.1, 0.15) is 24.2 Å². The molecule has 0 radical (unpaired) electrons. The molecule has 0 aliphatic carbocycles. The molecular formula is C18H19NO5S. The Kier molecular flexibility index (Phi) is 6.71. The molecule has 0 spiro atoms. The first-order chi connectivity index (χ1) is 12.0. The number of hydrogen-bond acceptors (Lipinski definition) is 7. The number of nitrogen functional groups attached to an aromatic ring is 1. The molecule has 0 aromatic heterocycles. The van der Waals surface area contributed by atoms with E-state index in [4.69, 9.17) is 10.5 Å². The Labute approximate surface area is 150 Å². The van der Waals surface area contributed by atoms with Gasteiger partial charge in [-0.05, 0) is 29.8 Å². The molecule has 6 nitrogen and oxygen atoms in total. The monoisotopic (exact) mass is 361 g/mol. The van der Waals surface area contributed by atoms with E-state index in [2.05, 4.69) is 9.78 Å². The number of carbonyl (C=O) groups excluding carboxylic acids is 2. The van der Waals surface area contributed by atoms with Crippen LogP contribution in [0.2, 0.25) is 0 Å². The maximum atomic E-state index is 12.0. The molecule has 0 aliphatic heterocycles. The first-order valence-electron chi connectivity index (χ1n) is 7.52. The highest BCUT2D eigenvalue weighted by molar-refractivity contribution is 7.99. The topological polar surface area (TPSA) is 87.9 Å². The maximum Gasteiger partial charge on any atom is 0.357 e. The van der Waals surface area contributed by atoms with Crippen LogP contribution in [0.25, 0.3) is 0 Å². The van der Waals surface area contributed by atoms with Crippen LogP contribution in [0.5, 0.6) is 5.75 Å². The Balaban J connectivity index is 2.19. The molecule has 1 atom stereocenters. The molecular weight excluding hydrogens is 342 g/mol. The largest absolute Gasteiger partial charge is 0.497 e. The average molecular weight is 361 g/mol. The Morgan fingerprint density at radius 3 is 2.36 bits per heavy atom. The number of nitrogens with two attached hydrogens (primary N) is 1. The van der Waals surface area contributed by atoms with Crippen molar-refractivity contribution in [2.45, 2.75) is 23.5 Å². The molecule has 25 heavy (non-hydrogen) atoms. The van der Waals surface area contributed by atoms with Gasteiger partial charge >= 0.3 is 11.9 Å². The standard InChI is InChI=1S/C18H19NO5S/c1-12(20)23-24-18(21)11-17(13-7-9-14(22-2)10-8-13)25-16-6-4-3-5-15(16)19/h3-10,17H,11,19H2,1-2H3. The molecule has 0 saturated carbocycles. The second-order valence-corrected chi connectivity index (χ2v) is 6.40. The van der Waals surface area contributed by atoms with E-state index in [1.165, 1.54) is 11.8 Å². The summed E-state index contributed by atoms with van der Waals surface area (Å²) >= 11 is 1.44. The number of carbonyl (C=O) groups is 2. The van der Waals surface area contributed by atoms with E-state index >= 15 is 0 Å². The van der Waals surface area contributed by atoms with Crippen molar-refractivity contribution in [1.82, 2.24) is 0 Å². The van der Waals surface area contributed by atoms with Crippen LogP contribution in [-0.4, -0.2) is 19.0 Å². The smallest absolute Gasteiger partial charge is 0.357 e. The van der Waals surface area contributed by atoms with Crippen molar-refractivity contribution >= 4 is 29.4 Å². The van der Waals surface area contributed by atoms with Crippen LogP contribution < -0.4 is 10.5 Å². The summed E-state index contributed by atoms with van der Waals surface area (Å²) in [6, 6.07) is 14.8. The Morgan fingerprint density at radius 1 is 1.08 bits per heavy atom. The molecule has 0 amide bonds.